The summed E-state index contributed by atoms with van der Waals surface area (Å²) < 4.78 is 68.4. The summed E-state index contributed by atoms with van der Waals surface area (Å²) >= 11 is 2.93. The molecule has 0 radical (unpaired) electrons. The van der Waals surface area contributed by atoms with Crippen molar-refractivity contribution in [3.05, 3.63) is 22.7 Å². The highest BCUT2D eigenvalue weighted by Gasteiger charge is 2.32. The summed E-state index contributed by atoms with van der Waals surface area (Å²) in [5.41, 5.74) is 0. The van der Waals surface area contributed by atoms with Crippen molar-refractivity contribution in [2.45, 2.75) is 25.5 Å². The zero-order chi connectivity index (χ0) is 16.3. The van der Waals surface area contributed by atoms with Crippen molar-refractivity contribution in [3.63, 3.8) is 0 Å². The Hall–Kier alpha value is -0.960. The van der Waals surface area contributed by atoms with E-state index in [0.29, 0.717) is 0 Å². The minimum absolute atomic E-state index is 0.0593. The van der Waals surface area contributed by atoms with E-state index in [2.05, 4.69) is 20.7 Å². The first-order valence-corrected chi connectivity index (χ1v) is 8.42. The second kappa shape index (κ2) is 6.87. The van der Waals surface area contributed by atoms with Crippen molar-refractivity contribution < 1.29 is 31.1 Å². The first-order chi connectivity index (χ1) is 9.51. The number of hydrogen-bond acceptors (Lipinski definition) is 4. The van der Waals surface area contributed by atoms with Gasteiger partial charge < -0.3 is 9.47 Å². The van der Waals surface area contributed by atoms with Crippen LogP contribution in [0.2, 0.25) is 0 Å². The van der Waals surface area contributed by atoms with Gasteiger partial charge >= 0.3 is 6.36 Å². The fraction of sp³-hybridized carbons (Fsp3) is 0.500. The number of alkyl halides is 3. The molecule has 0 aromatic heterocycles. The number of ether oxygens (including phenoxy) is 2. The zero-order valence-electron chi connectivity index (χ0n) is 11.3. The largest absolute Gasteiger partial charge is 0.573 e. The van der Waals surface area contributed by atoms with Crippen molar-refractivity contribution in [3.8, 4) is 11.5 Å². The standard InChI is InChI=1S/C12H14BrF3O4S/c1-8(2)21(17,18)6-5-19-9-3-4-11(10(13)7-9)20-12(14,15)16/h3-4,7-8H,5-6H2,1-2H3. The molecule has 0 unspecified atom stereocenters. The van der Waals surface area contributed by atoms with Gasteiger partial charge in [-0.25, -0.2) is 8.42 Å². The van der Waals surface area contributed by atoms with Crippen LogP contribution in [0.25, 0.3) is 0 Å². The van der Waals surface area contributed by atoms with Gasteiger partial charge in [0, 0.05) is 0 Å². The Bertz CT molecular complexity index is 585. The Kier molecular flexibility index (Phi) is 5.92. The molecule has 0 spiro atoms. The lowest BCUT2D eigenvalue weighted by atomic mass is 10.3. The van der Waals surface area contributed by atoms with E-state index in [-0.39, 0.29) is 22.6 Å². The third-order valence-electron chi connectivity index (χ3n) is 2.48. The van der Waals surface area contributed by atoms with Crippen LogP contribution in [0.1, 0.15) is 13.8 Å². The zero-order valence-corrected chi connectivity index (χ0v) is 13.7. The molecule has 0 atom stereocenters. The lowest BCUT2D eigenvalue weighted by Gasteiger charge is -2.12. The fourth-order valence-corrected chi connectivity index (χ4v) is 2.52. The molecule has 0 saturated heterocycles. The van der Waals surface area contributed by atoms with Crippen LogP contribution in [0.5, 0.6) is 11.5 Å². The maximum Gasteiger partial charge on any atom is 0.573 e. The minimum Gasteiger partial charge on any atom is -0.492 e. The molecule has 21 heavy (non-hydrogen) atoms. The summed E-state index contributed by atoms with van der Waals surface area (Å²) in [6, 6.07) is 3.64. The van der Waals surface area contributed by atoms with E-state index < -0.39 is 27.2 Å². The topological polar surface area (TPSA) is 52.6 Å². The molecular weight excluding hydrogens is 377 g/mol. The predicted molar refractivity (Wildman–Crippen MR) is 75.2 cm³/mol. The van der Waals surface area contributed by atoms with Crippen molar-refractivity contribution >= 4 is 25.8 Å². The SMILES string of the molecule is CC(C)S(=O)(=O)CCOc1ccc(OC(F)(F)F)c(Br)c1. The first kappa shape index (κ1) is 18.1. The van der Waals surface area contributed by atoms with Crippen LogP contribution in [-0.4, -0.2) is 32.4 Å². The van der Waals surface area contributed by atoms with Gasteiger partial charge in [0.1, 0.15) is 18.1 Å². The second-order valence-electron chi connectivity index (χ2n) is 4.40. The monoisotopic (exact) mass is 390 g/mol. The number of halogens is 4. The van der Waals surface area contributed by atoms with Crippen molar-refractivity contribution in [2.24, 2.45) is 0 Å². The van der Waals surface area contributed by atoms with Crippen LogP contribution < -0.4 is 9.47 Å². The molecule has 0 aliphatic carbocycles. The highest BCUT2D eigenvalue weighted by molar-refractivity contribution is 9.10. The summed E-state index contributed by atoms with van der Waals surface area (Å²) in [7, 11) is -3.22. The predicted octanol–water partition coefficient (Wildman–Crippen LogP) is 3.55. The average Bonchev–Trinajstić information content (AvgIpc) is 2.30. The minimum atomic E-state index is -4.78. The van der Waals surface area contributed by atoms with Crippen LogP contribution in [0.3, 0.4) is 0 Å². The lowest BCUT2D eigenvalue weighted by molar-refractivity contribution is -0.274. The average molecular weight is 391 g/mol. The van der Waals surface area contributed by atoms with E-state index in [9.17, 15) is 21.6 Å². The smallest absolute Gasteiger partial charge is 0.492 e. The van der Waals surface area contributed by atoms with Crippen molar-refractivity contribution in [1.82, 2.24) is 0 Å². The molecule has 1 aromatic carbocycles. The Morgan fingerprint density at radius 1 is 1.29 bits per heavy atom. The molecule has 0 bridgehead atoms. The number of rotatable bonds is 6. The first-order valence-electron chi connectivity index (χ1n) is 5.91. The van der Waals surface area contributed by atoms with Gasteiger partial charge in [-0.05, 0) is 48.0 Å². The highest BCUT2D eigenvalue weighted by atomic mass is 79.9. The molecule has 4 nitrogen and oxygen atoms in total. The van der Waals surface area contributed by atoms with Gasteiger partial charge in [0.15, 0.2) is 9.84 Å². The number of benzene rings is 1. The van der Waals surface area contributed by atoms with E-state index in [0.717, 1.165) is 6.07 Å². The second-order valence-corrected chi connectivity index (χ2v) is 7.94. The molecule has 9 heteroatoms. The molecule has 0 aliphatic heterocycles. The van der Waals surface area contributed by atoms with Gasteiger partial charge in [0.25, 0.3) is 0 Å². The van der Waals surface area contributed by atoms with Gasteiger partial charge in [-0.3, -0.25) is 0 Å². The Labute approximate surface area is 129 Å². The Balaban J connectivity index is 2.65. The lowest BCUT2D eigenvalue weighted by Crippen LogP contribution is -2.22. The number of hydrogen-bond donors (Lipinski definition) is 0. The van der Waals surface area contributed by atoms with Gasteiger partial charge in [-0.1, -0.05) is 0 Å². The fourth-order valence-electron chi connectivity index (χ4n) is 1.29. The van der Waals surface area contributed by atoms with Crippen LogP contribution in [-0.2, 0) is 9.84 Å². The van der Waals surface area contributed by atoms with Gasteiger partial charge in [-0.15, -0.1) is 13.2 Å². The van der Waals surface area contributed by atoms with E-state index in [1.54, 1.807) is 13.8 Å². The molecular formula is C12H14BrF3O4S. The highest BCUT2D eigenvalue weighted by Crippen LogP contribution is 2.33. The van der Waals surface area contributed by atoms with Crippen LogP contribution in [0, 0.1) is 0 Å². The summed E-state index contributed by atoms with van der Waals surface area (Å²) in [5.74, 6) is -0.316. The van der Waals surface area contributed by atoms with E-state index in [4.69, 9.17) is 4.74 Å². The summed E-state index contributed by atoms with van der Waals surface area (Å²) in [5, 5.41) is -0.504. The van der Waals surface area contributed by atoms with Crippen LogP contribution >= 0.6 is 15.9 Å². The van der Waals surface area contributed by atoms with E-state index in [1.165, 1.54) is 12.1 Å². The van der Waals surface area contributed by atoms with Gasteiger partial charge in [-0.2, -0.15) is 0 Å². The maximum absolute atomic E-state index is 12.1. The normalized spacial score (nSPS) is 12.5. The Morgan fingerprint density at radius 3 is 2.38 bits per heavy atom. The van der Waals surface area contributed by atoms with Crippen LogP contribution in [0.4, 0.5) is 13.2 Å². The third-order valence-corrected chi connectivity index (χ3v) is 5.28. The molecule has 1 rings (SSSR count). The van der Waals surface area contributed by atoms with Crippen LogP contribution in [0.15, 0.2) is 22.7 Å². The van der Waals surface area contributed by atoms with E-state index >= 15 is 0 Å². The van der Waals surface area contributed by atoms with Gasteiger partial charge in [0.05, 0.1) is 15.5 Å². The van der Waals surface area contributed by atoms with Crippen molar-refractivity contribution in [1.29, 1.82) is 0 Å². The molecule has 0 heterocycles. The summed E-state index contributed by atoms with van der Waals surface area (Å²) in [6.07, 6.45) is -4.78. The van der Waals surface area contributed by atoms with E-state index in [1.807, 2.05) is 0 Å². The molecule has 0 aliphatic rings. The quantitative estimate of drug-likeness (QED) is 0.745. The molecule has 0 amide bonds. The maximum atomic E-state index is 12.1. The molecule has 120 valence electrons. The molecule has 0 fully saturated rings. The Morgan fingerprint density at radius 2 is 1.90 bits per heavy atom. The van der Waals surface area contributed by atoms with Crippen molar-refractivity contribution in [2.75, 3.05) is 12.4 Å². The third kappa shape index (κ3) is 6.13. The van der Waals surface area contributed by atoms with Gasteiger partial charge in [0.2, 0.25) is 0 Å². The number of sulfone groups is 1. The molecule has 1 aromatic rings. The molecule has 0 N–H and O–H groups in total. The summed E-state index contributed by atoms with van der Waals surface area (Å²) in [4.78, 5) is 0. The summed E-state index contributed by atoms with van der Waals surface area (Å²) in [6.45, 7) is 3.05. The molecule has 0 saturated carbocycles.